The number of carbonyl (C=O) groups excluding carboxylic acids is 2. The van der Waals surface area contributed by atoms with Gasteiger partial charge in [0.1, 0.15) is 6.04 Å². The van der Waals surface area contributed by atoms with Crippen molar-refractivity contribution in [2.24, 2.45) is 5.73 Å². The highest BCUT2D eigenvalue weighted by Crippen LogP contribution is 2.23. The van der Waals surface area contributed by atoms with Crippen molar-refractivity contribution in [2.45, 2.75) is 70.0 Å². The lowest BCUT2D eigenvalue weighted by Crippen LogP contribution is -2.47. The molecule has 19 heavy (non-hydrogen) atoms. The van der Waals surface area contributed by atoms with Crippen molar-refractivity contribution in [2.75, 3.05) is 6.54 Å². The van der Waals surface area contributed by atoms with Crippen LogP contribution in [0.1, 0.15) is 51.9 Å². The summed E-state index contributed by atoms with van der Waals surface area (Å²) in [5.74, 6) is 0.0619. The summed E-state index contributed by atoms with van der Waals surface area (Å²) in [5.41, 5.74) is 5.92. The Morgan fingerprint density at radius 3 is 2.74 bits per heavy atom. The number of hydrogen-bond acceptors (Lipinski definition) is 3. The molecule has 0 radical (unpaired) electrons. The molecule has 3 N–H and O–H groups in total. The summed E-state index contributed by atoms with van der Waals surface area (Å²) in [6.07, 6.45) is 6.06. The Morgan fingerprint density at radius 2 is 2.11 bits per heavy atom. The maximum atomic E-state index is 12.2. The van der Waals surface area contributed by atoms with Gasteiger partial charge in [-0.2, -0.15) is 0 Å². The second kappa shape index (κ2) is 6.37. The van der Waals surface area contributed by atoms with Crippen LogP contribution in [0.4, 0.5) is 0 Å². The Balaban J connectivity index is 1.86. The molecule has 1 aliphatic carbocycles. The van der Waals surface area contributed by atoms with E-state index >= 15 is 0 Å². The molecule has 2 rings (SSSR count). The van der Waals surface area contributed by atoms with Crippen molar-refractivity contribution in [3.05, 3.63) is 0 Å². The van der Waals surface area contributed by atoms with Gasteiger partial charge in [0.25, 0.3) is 0 Å². The molecule has 2 aliphatic rings. The van der Waals surface area contributed by atoms with Gasteiger partial charge in [0, 0.05) is 25.0 Å². The average Bonchev–Trinajstić information content (AvgIpc) is 3.02. The van der Waals surface area contributed by atoms with Crippen LogP contribution in [0.5, 0.6) is 0 Å². The second-order valence-electron chi connectivity index (χ2n) is 5.78. The van der Waals surface area contributed by atoms with Crippen LogP contribution in [0.15, 0.2) is 0 Å². The molecule has 1 aliphatic heterocycles. The molecule has 1 heterocycles. The summed E-state index contributed by atoms with van der Waals surface area (Å²) < 4.78 is 0. The quantitative estimate of drug-likeness (QED) is 0.746. The minimum atomic E-state index is -0.262. The number of rotatable bonds is 6. The van der Waals surface area contributed by atoms with Crippen LogP contribution in [-0.2, 0) is 9.59 Å². The lowest BCUT2D eigenvalue weighted by molar-refractivity contribution is -0.138. The fourth-order valence-corrected chi connectivity index (χ4v) is 2.68. The van der Waals surface area contributed by atoms with Crippen LogP contribution in [0.2, 0.25) is 0 Å². The first-order valence-electron chi connectivity index (χ1n) is 7.47. The zero-order valence-electron chi connectivity index (χ0n) is 11.7. The predicted octanol–water partition coefficient (Wildman–Crippen LogP) is 0.774. The molecule has 108 valence electrons. The molecule has 0 bridgehead atoms. The molecule has 2 fully saturated rings. The van der Waals surface area contributed by atoms with E-state index in [2.05, 4.69) is 12.2 Å². The van der Waals surface area contributed by atoms with E-state index in [0.717, 1.165) is 38.5 Å². The van der Waals surface area contributed by atoms with Crippen molar-refractivity contribution >= 4 is 11.8 Å². The van der Waals surface area contributed by atoms with Crippen molar-refractivity contribution in [1.82, 2.24) is 10.2 Å². The van der Waals surface area contributed by atoms with E-state index in [0.29, 0.717) is 19.0 Å². The molecule has 5 heteroatoms. The molecule has 2 amide bonds. The highest BCUT2D eigenvalue weighted by Gasteiger charge is 2.36. The van der Waals surface area contributed by atoms with Gasteiger partial charge in [-0.05, 0) is 32.1 Å². The Bertz CT molecular complexity index is 342. The number of nitrogens with one attached hydrogen (secondary N) is 1. The number of nitrogens with zero attached hydrogens (tertiary/aromatic N) is 1. The van der Waals surface area contributed by atoms with Gasteiger partial charge in [-0.1, -0.05) is 13.3 Å². The maximum Gasteiger partial charge on any atom is 0.243 e. The maximum absolute atomic E-state index is 12.2. The monoisotopic (exact) mass is 267 g/mol. The minimum Gasteiger partial charge on any atom is -0.352 e. The summed E-state index contributed by atoms with van der Waals surface area (Å²) in [4.78, 5) is 26.0. The van der Waals surface area contributed by atoms with Gasteiger partial charge in [0.05, 0.1) is 0 Å². The summed E-state index contributed by atoms with van der Waals surface area (Å²) in [6.45, 7) is 2.76. The van der Waals surface area contributed by atoms with E-state index in [-0.39, 0.29) is 23.9 Å². The van der Waals surface area contributed by atoms with Crippen LogP contribution in [-0.4, -0.2) is 41.4 Å². The number of amides is 2. The van der Waals surface area contributed by atoms with Gasteiger partial charge >= 0.3 is 0 Å². The first-order chi connectivity index (χ1) is 9.11. The number of hydrogen-bond donors (Lipinski definition) is 2. The molecule has 0 aromatic heterocycles. The van der Waals surface area contributed by atoms with Gasteiger partial charge in [-0.15, -0.1) is 0 Å². The van der Waals surface area contributed by atoms with Crippen LogP contribution in [0.3, 0.4) is 0 Å². The van der Waals surface area contributed by atoms with Gasteiger partial charge in [0.15, 0.2) is 0 Å². The van der Waals surface area contributed by atoms with Gasteiger partial charge in [-0.25, -0.2) is 0 Å². The van der Waals surface area contributed by atoms with E-state index in [4.69, 9.17) is 5.73 Å². The van der Waals surface area contributed by atoms with E-state index in [9.17, 15) is 9.59 Å². The van der Waals surface area contributed by atoms with Crippen molar-refractivity contribution in [3.63, 3.8) is 0 Å². The highest BCUT2D eigenvalue weighted by atomic mass is 16.2. The van der Waals surface area contributed by atoms with Crippen molar-refractivity contribution < 1.29 is 9.59 Å². The fraction of sp³-hybridized carbons (Fsp3) is 0.857. The predicted molar refractivity (Wildman–Crippen MR) is 73.4 cm³/mol. The largest absolute Gasteiger partial charge is 0.352 e. The Labute approximate surface area is 114 Å². The third-order valence-electron chi connectivity index (χ3n) is 3.90. The smallest absolute Gasteiger partial charge is 0.243 e. The third-order valence-corrected chi connectivity index (χ3v) is 3.90. The van der Waals surface area contributed by atoms with Gasteiger partial charge < -0.3 is 16.0 Å². The first-order valence-corrected chi connectivity index (χ1v) is 7.47. The molecule has 1 saturated heterocycles. The van der Waals surface area contributed by atoms with Crippen LogP contribution in [0, 0.1) is 0 Å². The molecule has 2 atom stereocenters. The van der Waals surface area contributed by atoms with Crippen LogP contribution in [0.25, 0.3) is 0 Å². The molecule has 0 spiro atoms. The zero-order chi connectivity index (χ0) is 13.8. The van der Waals surface area contributed by atoms with E-state index in [1.54, 1.807) is 4.90 Å². The first kappa shape index (κ1) is 14.3. The third kappa shape index (κ3) is 3.93. The van der Waals surface area contributed by atoms with Crippen LogP contribution < -0.4 is 11.1 Å². The van der Waals surface area contributed by atoms with Gasteiger partial charge in [-0.3, -0.25) is 9.59 Å². The van der Waals surface area contributed by atoms with Crippen LogP contribution >= 0.6 is 0 Å². The lowest BCUT2D eigenvalue weighted by Gasteiger charge is -2.25. The summed E-state index contributed by atoms with van der Waals surface area (Å²) in [6, 6.07) is 0.0135. The Kier molecular flexibility index (Phi) is 4.80. The van der Waals surface area contributed by atoms with E-state index in [1.807, 2.05) is 0 Å². The highest BCUT2D eigenvalue weighted by molar-refractivity contribution is 5.88. The number of nitrogens with two attached hydrogens (primary N) is 1. The summed E-state index contributed by atoms with van der Waals surface area (Å²) in [5, 5.41) is 3.00. The fourth-order valence-electron chi connectivity index (χ4n) is 2.68. The molecule has 0 aromatic carbocycles. The summed E-state index contributed by atoms with van der Waals surface area (Å²) in [7, 11) is 0. The molecule has 0 aromatic rings. The molecule has 2 unspecified atom stereocenters. The molecular weight excluding hydrogens is 242 g/mol. The SMILES string of the molecule is CCCC(N)CC(=O)N1CCCC1C(=O)NC1CC1. The molecule has 1 saturated carbocycles. The molecular formula is C14H25N3O2. The van der Waals surface area contributed by atoms with Crippen molar-refractivity contribution in [3.8, 4) is 0 Å². The van der Waals surface area contributed by atoms with Gasteiger partial charge in [0.2, 0.25) is 11.8 Å². The van der Waals surface area contributed by atoms with Crippen molar-refractivity contribution in [1.29, 1.82) is 0 Å². The Morgan fingerprint density at radius 1 is 1.37 bits per heavy atom. The minimum absolute atomic E-state index is 0.0254. The molecule has 5 nitrogen and oxygen atoms in total. The number of likely N-dealkylation sites (tertiary alicyclic amines) is 1. The van der Waals surface area contributed by atoms with E-state index in [1.165, 1.54) is 0 Å². The Hall–Kier alpha value is -1.10. The lowest BCUT2D eigenvalue weighted by atomic mass is 10.1. The topological polar surface area (TPSA) is 75.4 Å². The standard InChI is InChI=1S/C14H25N3O2/c1-2-4-10(15)9-13(18)17-8-3-5-12(17)14(19)16-11-6-7-11/h10-12H,2-9,15H2,1H3,(H,16,19). The normalized spacial score (nSPS) is 24.3. The summed E-state index contributed by atoms with van der Waals surface area (Å²) >= 11 is 0. The number of carbonyl (C=O) groups is 2. The zero-order valence-corrected chi connectivity index (χ0v) is 11.7. The average molecular weight is 267 g/mol. The van der Waals surface area contributed by atoms with E-state index < -0.39 is 0 Å². The second-order valence-corrected chi connectivity index (χ2v) is 5.78.